The maximum absolute atomic E-state index is 11.9. The lowest BCUT2D eigenvalue weighted by Gasteiger charge is -2.35. The van der Waals surface area contributed by atoms with Gasteiger partial charge in [-0.1, -0.05) is 11.8 Å². The van der Waals surface area contributed by atoms with E-state index >= 15 is 0 Å². The van der Waals surface area contributed by atoms with Crippen LogP contribution in [-0.4, -0.2) is 53.0 Å². The van der Waals surface area contributed by atoms with Crippen LogP contribution in [0, 0.1) is 11.8 Å². The maximum atomic E-state index is 11.9. The van der Waals surface area contributed by atoms with Crippen LogP contribution in [0.25, 0.3) is 0 Å². The van der Waals surface area contributed by atoms with E-state index in [0.717, 1.165) is 0 Å². The normalized spacial score (nSPS) is 17.5. The molecule has 1 aliphatic rings. The summed E-state index contributed by atoms with van der Waals surface area (Å²) in [7, 11) is 0. The Kier molecular flexibility index (Phi) is 5.62. The van der Waals surface area contributed by atoms with E-state index in [4.69, 9.17) is 4.74 Å². The number of amides is 1. The van der Waals surface area contributed by atoms with Crippen LogP contribution in [0.4, 0.5) is 4.79 Å². The average molecular weight is 297 g/mol. The minimum atomic E-state index is -1.14. The number of esters is 1. The predicted molar refractivity (Wildman–Crippen MR) is 76.4 cm³/mol. The first kappa shape index (κ1) is 17.3. The topological polar surface area (TPSA) is 76.1 Å². The Balaban J connectivity index is 2.47. The van der Waals surface area contributed by atoms with Gasteiger partial charge in [0.05, 0.1) is 0 Å². The largest absolute Gasteiger partial charge is 0.453 e. The van der Waals surface area contributed by atoms with Gasteiger partial charge >= 0.3 is 12.1 Å². The molecule has 6 nitrogen and oxygen atoms in total. The molecule has 0 bridgehead atoms. The van der Waals surface area contributed by atoms with Crippen molar-refractivity contribution in [2.24, 2.45) is 0 Å². The second kappa shape index (κ2) is 6.81. The lowest BCUT2D eigenvalue weighted by atomic mass is 9.92. The summed E-state index contributed by atoms with van der Waals surface area (Å²) in [6.07, 6.45) is 0.316. The van der Waals surface area contributed by atoms with Crippen molar-refractivity contribution in [3.8, 4) is 11.8 Å². The molecule has 1 saturated heterocycles. The summed E-state index contributed by atoms with van der Waals surface area (Å²) in [5, 5.41) is 10.3. The van der Waals surface area contributed by atoms with Crippen molar-refractivity contribution in [1.82, 2.24) is 4.90 Å². The number of hydrogen-bond acceptors (Lipinski definition) is 5. The molecule has 0 spiro atoms. The molecule has 0 radical (unpaired) electrons. The summed E-state index contributed by atoms with van der Waals surface area (Å²) in [6.45, 7) is 7.47. The van der Waals surface area contributed by atoms with Crippen LogP contribution < -0.4 is 0 Å². The Hall–Kier alpha value is -1.74. The van der Waals surface area contributed by atoms with Crippen LogP contribution >= 0.6 is 0 Å². The number of rotatable bonds is 1. The number of piperidine rings is 1. The molecule has 21 heavy (non-hydrogen) atoms. The van der Waals surface area contributed by atoms with E-state index in [-0.39, 0.29) is 12.7 Å². The van der Waals surface area contributed by atoms with Crippen molar-refractivity contribution in [3.05, 3.63) is 0 Å². The van der Waals surface area contributed by atoms with E-state index in [0.29, 0.717) is 25.9 Å². The zero-order valence-corrected chi connectivity index (χ0v) is 13.1. The molecule has 118 valence electrons. The second-order valence-electron chi connectivity index (χ2n) is 6.08. The van der Waals surface area contributed by atoms with E-state index in [9.17, 15) is 14.7 Å². The molecule has 1 N–H and O–H groups in total. The van der Waals surface area contributed by atoms with Gasteiger partial charge < -0.3 is 19.5 Å². The van der Waals surface area contributed by atoms with Crippen LogP contribution in [0.1, 0.15) is 40.5 Å². The number of nitrogens with zero attached hydrogens (tertiary/aromatic N) is 1. The van der Waals surface area contributed by atoms with Crippen LogP contribution in [0.15, 0.2) is 0 Å². The van der Waals surface area contributed by atoms with Crippen LogP contribution in [-0.2, 0) is 14.3 Å². The fourth-order valence-electron chi connectivity index (χ4n) is 1.85. The van der Waals surface area contributed by atoms with Crippen molar-refractivity contribution in [2.45, 2.75) is 51.7 Å². The minimum absolute atomic E-state index is 0.0343. The zero-order chi connectivity index (χ0) is 16.1. The molecule has 0 saturated carbocycles. The quantitative estimate of drug-likeness (QED) is 0.583. The molecule has 1 fully saturated rings. The number of carbonyl (C=O) groups excluding carboxylic acids is 2. The standard InChI is InChI=1S/C15H23NO5/c1-12(17)20-11-5-6-15(19)7-9-16(10-8-15)13(18)21-14(2,3)4/h19H,7-11H2,1-4H3. The Morgan fingerprint density at radius 1 is 1.29 bits per heavy atom. The summed E-state index contributed by atoms with van der Waals surface area (Å²) >= 11 is 0. The number of carbonyl (C=O) groups is 2. The SMILES string of the molecule is CC(=O)OCC#CC1(O)CCN(C(=O)OC(C)(C)C)CC1. The summed E-state index contributed by atoms with van der Waals surface area (Å²) in [5.74, 6) is 4.94. The Morgan fingerprint density at radius 3 is 2.33 bits per heavy atom. The highest BCUT2D eigenvalue weighted by Crippen LogP contribution is 2.22. The van der Waals surface area contributed by atoms with Gasteiger partial charge in [0, 0.05) is 32.9 Å². The third-order valence-electron chi connectivity index (χ3n) is 2.91. The van der Waals surface area contributed by atoms with Crippen LogP contribution in [0.2, 0.25) is 0 Å². The van der Waals surface area contributed by atoms with Crippen molar-refractivity contribution in [2.75, 3.05) is 19.7 Å². The van der Waals surface area contributed by atoms with Crippen molar-refractivity contribution in [1.29, 1.82) is 0 Å². The van der Waals surface area contributed by atoms with Gasteiger partial charge in [-0.05, 0) is 20.8 Å². The van der Waals surface area contributed by atoms with Gasteiger partial charge in [0.2, 0.25) is 0 Å². The average Bonchev–Trinajstić information content (AvgIpc) is 2.33. The molecule has 1 rings (SSSR count). The monoisotopic (exact) mass is 297 g/mol. The molecule has 0 aromatic carbocycles. The maximum Gasteiger partial charge on any atom is 0.410 e. The lowest BCUT2D eigenvalue weighted by Crippen LogP contribution is -2.47. The second-order valence-corrected chi connectivity index (χ2v) is 6.08. The van der Waals surface area contributed by atoms with Crippen molar-refractivity contribution < 1.29 is 24.2 Å². The summed E-state index contributed by atoms with van der Waals surface area (Å²) in [6, 6.07) is 0. The molecule has 1 heterocycles. The molecule has 0 aromatic rings. The summed E-state index contributed by atoms with van der Waals surface area (Å²) in [4.78, 5) is 24.0. The van der Waals surface area contributed by atoms with Gasteiger partial charge in [-0.25, -0.2) is 4.79 Å². The van der Waals surface area contributed by atoms with Gasteiger partial charge in [-0.3, -0.25) is 4.79 Å². The lowest BCUT2D eigenvalue weighted by molar-refractivity contribution is -0.139. The van der Waals surface area contributed by atoms with Gasteiger partial charge in [0.25, 0.3) is 0 Å². The van der Waals surface area contributed by atoms with E-state index in [2.05, 4.69) is 16.6 Å². The molecule has 6 heteroatoms. The molecule has 1 aliphatic heterocycles. The first-order chi connectivity index (χ1) is 9.61. The van der Waals surface area contributed by atoms with Crippen molar-refractivity contribution in [3.63, 3.8) is 0 Å². The molecule has 0 aliphatic carbocycles. The Labute approximate surface area is 125 Å². The Bertz CT molecular complexity index is 447. The molecule has 0 unspecified atom stereocenters. The zero-order valence-electron chi connectivity index (χ0n) is 13.1. The minimum Gasteiger partial charge on any atom is -0.453 e. The number of hydrogen-bond donors (Lipinski definition) is 1. The fourth-order valence-corrected chi connectivity index (χ4v) is 1.85. The van der Waals surface area contributed by atoms with Crippen LogP contribution in [0.5, 0.6) is 0 Å². The highest BCUT2D eigenvalue weighted by Gasteiger charge is 2.34. The molecule has 0 aromatic heterocycles. The Morgan fingerprint density at radius 2 is 1.86 bits per heavy atom. The third kappa shape index (κ3) is 6.50. The highest BCUT2D eigenvalue weighted by atomic mass is 16.6. The van der Waals surface area contributed by atoms with E-state index in [1.165, 1.54) is 6.92 Å². The molecule has 1 amide bonds. The summed E-state index contributed by atoms with van der Waals surface area (Å²) in [5.41, 5.74) is -1.67. The van der Waals surface area contributed by atoms with Gasteiger partial charge in [0.15, 0.2) is 6.61 Å². The molecule has 0 atom stereocenters. The highest BCUT2D eigenvalue weighted by molar-refractivity contribution is 5.68. The number of aliphatic hydroxyl groups is 1. The first-order valence-corrected chi connectivity index (χ1v) is 6.95. The van der Waals surface area contributed by atoms with E-state index < -0.39 is 17.2 Å². The van der Waals surface area contributed by atoms with Gasteiger partial charge in [-0.15, -0.1) is 0 Å². The predicted octanol–water partition coefficient (Wildman–Crippen LogP) is 1.31. The first-order valence-electron chi connectivity index (χ1n) is 6.95. The van der Waals surface area contributed by atoms with Gasteiger partial charge in [-0.2, -0.15) is 0 Å². The number of likely N-dealkylation sites (tertiary alicyclic amines) is 1. The van der Waals surface area contributed by atoms with E-state index in [1.807, 2.05) is 20.8 Å². The molecular formula is C15H23NO5. The number of ether oxygens (including phenoxy) is 2. The molecular weight excluding hydrogens is 274 g/mol. The summed E-state index contributed by atoms with van der Waals surface area (Å²) < 4.78 is 9.97. The van der Waals surface area contributed by atoms with Gasteiger partial charge in [0.1, 0.15) is 11.2 Å². The van der Waals surface area contributed by atoms with Crippen molar-refractivity contribution >= 4 is 12.1 Å². The van der Waals surface area contributed by atoms with Crippen LogP contribution in [0.3, 0.4) is 0 Å². The van der Waals surface area contributed by atoms with E-state index in [1.54, 1.807) is 4.90 Å². The smallest absolute Gasteiger partial charge is 0.410 e. The third-order valence-corrected chi connectivity index (χ3v) is 2.91. The fraction of sp³-hybridized carbons (Fsp3) is 0.733.